The lowest BCUT2D eigenvalue weighted by Gasteiger charge is -2.61. The topological polar surface area (TPSA) is 241 Å². The molecule has 22 nitrogen and oxygen atoms in total. The van der Waals surface area contributed by atoms with E-state index in [2.05, 4.69) is 226 Å². The van der Waals surface area contributed by atoms with Crippen LogP contribution >= 0.6 is 0 Å². The molecule has 8 aromatic rings. The zero-order valence-corrected chi connectivity index (χ0v) is 76.3. The summed E-state index contributed by atoms with van der Waals surface area (Å²) < 4.78 is 42.5. The Bertz CT molecular complexity index is 6770. The van der Waals surface area contributed by atoms with Crippen molar-refractivity contribution in [2.24, 2.45) is 131 Å². The van der Waals surface area contributed by atoms with Crippen LogP contribution < -0.4 is 10.6 Å². The van der Waals surface area contributed by atoms with Crippen molar-refractivity contribution < 1.29 is 27.9 Å². The highest BCUT2D eigenvalue weighted by Gasteiger charge is 2.69. The quantitative estimate of drug-likeness (QED) is 0.0843. The molecule has 24 bridgehead atoms. The number of rotatable bonds is 12. The third-order valence-corrected chi connectivity index (χ3v) is 42.4. The third kappa shape index (κ3) is 10.9. The summed E-state index contributed by atoms with van der Waals surface area (Å²) in [6.45, 7) is 12.0. The van der Waals surface area contributed by atoms with E-state index < -0.39 is 41.3 Å². The molecular weight excluding hydrogens is 1650 g/mol. The summed E-state index contributed by atoms with van der Waals surface area (Å²) in [5.41, 5.74) is 11.2. The molecule has 0 radical (unpaired) electrons. The third-order valence-electron chi connectivity index (χ3n) is 36.1. The van der Waals surface area contributed by atoms with Crippen molar-refractivity contribution >= 4 is 121 Å². The molecule has 0 saturated heterocycles. The molecule has 34 rings (SSSR count). The van der Waals surface area contributed by atoms with Crippen LogP contribution in [0.4, 0.5) is 23.3 Å². The van der Waals surface area contributed by atoms with Gasteiger partial charge in [-0.25, -0.2) is 49.9 Å². The van der Waals surface area contributed by atoms with Crippen molar-refractivity contribution in [3.8, 4) is 0 Å². The minimum atomic E-state index is -4.32. The maximum Gasteiger partial charge on any atom is 0.599 e. The zero-order chi connectivity index (χ0) is 86.1. The first-order valence-electron chi connectivity index (χ1n) is 48.8. The maximum absolute atomic E-state index is 12.3. The van der Waals surface area contributed by atoms with Crippen molar-refractivity contribution in [2.75, 3.05) is 26.4 Å². The lowest BCUT2D eigenvalue weighted by atomic mass is 9.46. The first-order valence-corrected chi connectivity index (χ1v) is 52.2. The monoisotopic (exact) mass is 1760 g/mol. The van der Waals surface area contributed by atoms with E-state index in [9.17, 15) is 10.2 Å². The van der Waals surface area contributed by atoms with Crippen molar-refractivity contribution in [2.45, 2.75) is 192 Å². The van der Waals surface area contributed by atoms with Crippen molar-refractivity contribution in [1.82, 2.24) is 28.2 Å². The molecule has 26 aliphatic rings. The Morgan fingerprint density at radius 3 is 1.15 bits per heavy atom. The van der Waals surface area contributed by atoms with E-state index in [1.54, 1.807) is 0 Å². The second-order valence-electron chi connectivity index (χ2n) is 44.3. The van der Waals surface area contributed by atoms with Gasteiger partial charge in [0.25, 0.3) is 0 Å². The lowest BCUT2D eigenvalue weighted by Crippen LogP contribution is -2.69. The van der Waals surface area contributed by atoms with Gasteiger partial charge in [-0.2, -0.15) is 0 Å². The highest BCUT2D eigenvalue weighted by atomic mass is 28.4. The van der Waals surface area contributed by atoms with Crippen molar-refractivity contribution in [3.05, 3.63) is 237 Å². The summed E-state index contributed by atoms with van der Waals surface area (Å²) in [6.07, 6.45) is 30.2. The molecule has 2 aromatic heterocycles. The fourth-order valence-electron chi connectivity index (χ4n) is 30.9. The molecule has 12 unspecified atom stereocenters. The molecular formula is C106H108N16O6Si2. The van der Waals surface area contributed by atoms with Gasteiger partial charge in [-0.15, -0.1) is 0 Å². The van der Waals surface area contributed by atoms with Crippen LogP contribution in [0.25, 0.3) is 21.5 Å². The number of fused-ring (bicyclic) bond motifs is 30. The van der Waals surface area contributed by atoms with Crippen LogP contribution in [0.3, 0.4) is 0 Å². The fourth-order valence-corrected chi connectivity index (χ4v) is 38.1. The standard InChI is InChI=1S/C54H54N8O4Si.C52H54N8O2Si/c63-53-23-31-17-32(24-53)20-51(19-31,27-53)29-65-67(66-30-52-21-33-18-34(22-52)26-54(64,25-33)28-52)61-47-39-13-5-6-14-40(39)49(61)59-45-37-11-3-4-12-38(37)46(56-45)60-50-42-16-8-7-15-41(42)48(62(50)67)58-44-36-10-2-1-9-35(36)43(55-44)57-47;1-51(2)31-23-21-29(41(51)25-31)27-61-63(62-28-30-22-24-32-26-42(30)52(32,3)4)59-47-37-17-9-10-18-38(37)49(59)57-45-35-15-7-8-16-36(35)46(54-45)58-50-40-20-12-11-19-39(40)48(60(50)63)56-44-34-14-6-5-13-33(34)43(53-44)55-47/h1-3,5-11,13-16,31-34,47,63-64H,4,12,17-30H2,(H,55,57,58);5-7,9-15,17-20,29-32,41-42,47H,8,16,21-28H2,1-4H3,(H,53,55,56). The fraction of sp³-hybridized carbons (Fsp3) is 0.453. The van der Waals surface area contributed by atoms with E-state index in [0.29, 0.717) is 125 Å². The Hall–Kier alpha value is -10.5. The van der Waals surface area contributed by atoms with Crippen LogP contribution in [0, 0.1) is 80.8 Å². The number of aromatic nitrogens is 2. The van der Waals surface area contributed by atoms with Gasteiger partial charge in [-0.3, -0.25) is 17.6 Å². The van der Waals surface area contributed by atoms with Crippen LogP contribution in [0.1, 0.15) is 226 Å². The number of hydrogen-bond acceptors (Lipinski definition) is 20. The molecule has 0 amide bonds. The van der Waals surface area contributed by atoms with E-state index in [4.69, 9.17) is 67.6 Å². The molecule has 130 heavy (non-hydrogen) atoms. The first-order chi connectivity index (χ1) is 63.3. The molecule has 12 atom stereocenters. The molecule has 4 N–H and O–H groups in total. The molecule has 16 aliphatic carbocycles. The van der Waals surface area contributed by atoms with Crippen LogP contribution in [0.2, 0.25) is 0 Å². The summed E-state index contributed by atoms with van der Waals surface area (Å²) in [7, 11) is -8.41. The number of aliphatic imine (C=N–C) groups is 10. The Labute approximate surface area is 758 Å². The Morgan fingerprint density at radius 1 is 0.385 bits per heavy atom. The van der Waals surface area contributed by atoms with Crippen molar-refractivity contribution in [3.63, 3.8) is 0 Å². The molecule has 656 valence electrons. The van der Waals surface area contributed by atoms with Gasteiger partial charge < -0.3 is 38.6 Å². The summed E-state index contributed by atoms with van der Waals surface area (Å²) >= 11 is 0. The summed E-state index contributed by atoms with van der Waals surface area (Å²) in [5, 5.41) is 36.5. The highest BCUT2D eigenvalue weighted by molar-refractivity contribution is 6.69. The maximum atomic E-state index is 12.3. The second kappa shape index (κ2) is 27.1. The van der Waals surface area contributed by atoms with Gasteiger partial charge >= 0.3 is 17.8 Å². The van der Waals surface area contributed by atoms with Gasteiger partial charge in [0.2, 0.25) is 0 Å². The van der Waals surface area contributed by atoms with E-state index in [0.717, 1.165) is 244 Å². The Balaban J connectivity index is 0.000000128. The molecule has 10 aliphatic heterocycles. The smallest absolute Gasteiger partial charge is 0.390 e. The first kappa shape index (κ1) is 77.1. The number of benzene rings is 6. The van der Waals surface area contributed by atoms with Gasteiger partial charge in [0.1, 0.15) is 58.9 Å². The number of nitrogens with zero attached hydrogens (tertiary/aromatic N) is 14. The predicted molar refractivity (Wildman–Crippen MR) is 510 cm³/mol. The molecule has 6 aromatic carbocycles. The predicted octanol–water partition coefficient (Wildman–Crippen LogP) is 19.3. The van der Waals surface area contributed by atoms with E-state index in [1.165, 1.54) is 38.5 Å². The van der Waals surface area contributed by atoms with Crippen LogP contribution in [0.15, 0.2) is 242 Å². The van der Waals surface area contributed by atoms with E-state index >= 15 is 0 Å². The number of allylic oxidation sites excluding steroid dienone is 2. The summed E-state index contributed by atoms with van der Waals surface area (Å²) in [4.78, 5) is 55.9. The van der Waals surface area contributed by atoms with Gasteiger partial charge in [0.05, 0.1) is 11.2 Å². The summed E-state index contributed by atoms with van der Waals surface area (Å²) in [6, 6.07) is 51.4. The Kier molecular flexibility index (Phi) is 16.1. The number of aliphatic hydroxyl groups is 2. The number of hydrogen-bond donors (Lipinski definition) is 4. The van der Waals surface area contributed by atoms with Crippen molar-refractivity contribution in [1.29, 1.82) is 0 Å². The highest BCUT2D eigenvalue weighted by Crippen LogP contribution is 2.67. The average molecular weight is 1760 g/mol. The lowest BCUT2D eigenvalue weighted by molar-refractivity contribution is -0.182. The van der Waals surface area contributed by atoms with E-state index in [-0.39, 0.29) is 10.8 Å². The van der Waals surface area contributed by atoms with Gasteiger partial charge in [-0.1, -0.05) is 198 Å². The minimum Gasteiger partial charge on any atom is -0.390 e. The van der Waals surface area contributed by atoms with Gasteiger partial charge in [-0.05, 0) is 222 Å². The van der Waals surface area contributed by atoms with E-state index in [1.807, 2.05) is 0 Å². The largest absolute Gasteiger partial charge is 0.599 e. The van der Waals surface area contributed by atoms with Gasteiger partial charge in [0, 0.05) is 115 Å². The molecule has 12 heterocycles. The SMILES string of the molecule is CC1(C)C2CCC(CO[Si]3(OCC4CCC5CC4C5(C)C)N4C5=NC6=NC(=Nc7c8ccccc8c(n73)N=C3N=C(NC4c4ccccc45)c4ccccc43)C3=C6C=CCC3)C1C2.OC12CC3CC(C1)CC(CO[Si]1(OCC45CC6CC(CC(O)(C6)C4)C5)N4C5=NC6=NC(=Nc7c8ccccc8c(n71)N=C1N=C(NC4c4ccccc45)c4ccccc41)C1=C6C=CCC1)(C3)C2. The minimum absolute atomic E-state index is 0.226. The normalized spacial score (nSPS) is 35.6. The van der Waals surface area contributed by atoms with Crippen LogP contribution in [-0.2, 0) is 17.7 Å². The average Bonchev–Trinajstić information content (AvgIpc) is 1.52. The second-order valence-corrected chi connectivity index (χ2v) is 49.5. The van der Waals surface area contributed by atoms with Crippen LogP contribution in [0.5, 0.6) is 0 Å². The molecule has 24 heteroatoms. The van der Waals surface area contributed by atoms with Crippen LogP contribution in [-0.4, -0.2) is 142 Å². The molecule has 14 saturated carbocycles. The number of nitrogens with one attached hydrogen (secondary N) is 2. The zero-order valence-electron chi connectivity index (χ0n) is 74.3. The molecule has 0 spiro atoms. The van der Waals surface area contributed by atoms with Gasteiger partial charge in [0.15, 0.2) is 35.0 Å². The molecule has 14 fully saturated rings. The summed E-state index contributed by atoms with van der Waals surface area (Å²) in [5.74, 6) is 15.6. The number of amidine groups is 10. The Morgan fingerprint density at radius 2 is 0.754 bits per heavy atom.